The topological polar surface area (TPSA) is 595 Å². The second-order valence-corrected chi connectivity index (χ2v) is 22.6. The van der Waals surface area contributed by atoms with Gasteiger partial charge in [0.05, 0.1) is 39.0 Å². The predicted molar refractivity (Wildman–Crippen MR) is 302 cm³/mol. The van der Waals surface area contributed by atoms with Crippen molar-refractivity contribution in [3.05, 3.63) is 65.7 Å². The average molecular weight is 1300 g/mol. The van der Waals surface area contributed by atoms with Gasteiger partial charge in [-0.3, -0.25) is 39.8 Å². The number of nitrogens with one attached hydrogen (secondary N) is 8. The van der Waals surface area contributed by atoms with Crippen molar-refractivity contribution in [2.24, 2.45) is 16.5 Å². The van der Waals surface area contributed by atoms with Crippen LogP contribution in [-0.2, 0) is 54.1 Å². The monoisotopic (exact) mass is 1300 g/mol. The zero-order chi connectivity index (χ0) is 66.3. The lowest BCUT2D eigenvalue weighted by Crippen LogP contribution is -2.68. The van der Waals surface area contributed by atoms with Crippen LogP contribution in [0.2, 0.25) is 0 Å². The van der Waals surface area contributed by atoms with E-state index < -0.39 is 234 Å². The van der Waals surface area contributed by atoms with Crippen LogP contribution in [0.4, 0.5) is 0 Å². The number of ether oxygens (including phenoxy) is 5. The zero-order valence-corrected chi connectivity index (χ0v) is 48.6. The molecule has 91 heavy (non-hydrogen) atoms. The fraction of sp³-hybridized carbons (Fsp3) is 0.630. The standard InChI is InChI=1S/C54H78N12O25/c1-19(21-5-3-2-4-6-21)31-47(84)60-23(11-20-7-9-22(10-8-20)87-51-43(81)40(78)44(29(18-70)90-51)91-52-42(80)39(77)37(75)28(17-69)89-52)46(83)64-32(34(72)24-12-58-53(55)62-24)49(86)65-33(48(85)61-25(15-67)45(82)57-14-30(71)63-31)35(73)26-13-59-54(56)66(26)50-41(79)38(76)36(74)27(16-68)88-50/h2-10,19,23-29,31-44,50-52,67-70,72-81H,11-18H2,1H3,(H11,55,56,57,58,59,60,61,62,63,64,65,71,82,83,84,85,86)/p+1/t19-,23+,24-,25-,26-,27+,28+,29+,31-,32-,33+,34-,35-,36+,37+,38-,39-,40+,41-,42-,43-,44+,50-,51-,52+/m0/s1. The molecule has 2 aromatic carbocycles. The number of hydrogen-bond donors (Lipinski definition) is 24. The number of carbonyl (C=O) groups excluding carboxylic acids is 6. The van der Waals surface area contributed by atoms with Crippen molar-refractivity contribution in [2.45, 2.75) is 166 Å². The molecule has 504 valence electrons. The molecule has 0 radical (unpaired) electrons. The number of aliphatic hydroxyl groups is 14. The first kappa shape index (κ1) is 69.8. The molecular formula is C54H79N12O25+. The Morgan fingerprint density at radius 1 is 0.571 bits per heavy atom. The highest BCUT2D eigenvalue weighted by molar-refractivity contribution is 5.98. The second-order valence-electron chi connectivity index (χ2n) is 22.6. The lowest BCUT2D eigenvalue weighted by Gasteiger charge is -2.45. The predicted octanol–water partition coefficient (Wildman–Crippen LogP) is -14.3. The van der Waals surface area contributed by atoms with E-state index in [4.69, 9.17) is 35.2 Å². The molecular weight excluding hydrogens is 1220 g/mol. The molecule has 26 N–H and O–H groups in total. The molecule has 8 rings (SSSR count). The minimum atomic E-state index is -2.33. The van der Waals surface area contributed by atoms with Crippen molar-refractivity contribution in [2.75, 3.05) is 46.1 Å². The molecule has 0 saturated carbocycles. The Bertz CT molecular complexity index is 2920. The number of aliphatic hydroxyl groups excluding tert-OH is 14. The van der Waals surface area contributed by atoms with E-state index in [9.17, 15) is 90.7 Å². The maximum absolute atomic E-state index is 15.1. The van der Waals surface area contributed by atoms with Gasteiger partial charge < -0.3 is 138 Å². The number of hydrogen-bond acceptors (Lipinski definition) is 30. The Kier molecular flexibility index (Phi) is 23.4. The molecule has 4 fully saturated rings. The fourth-order valence-corrected chi connectivity index (χ4v) is 11.3. The van der Waals surface area contributed by atoms with Gasteiger partial charge in [0.2, 0.25) is 48.0 Å². The van der Waals surface area contributed by atoms with Gasteiger partial charge in [0.25, 0.3) is 0 Å². The summed E-state index contributed by atoms with van der Waals surface area (Å²) in [5, 5.41) is 170. The van der Waals surface area contributed by atoms with Crippen LogP contribution in [0.5, 0.6) is 5.75 Å². The summed E-state index contributed by atoms with van der Waals surface area (Å²) in [7, 11) is 0. The van der Waals surface area contributed by atoms with Crippen LogP contribution in [0.3, 0.4) is 0 Å². The highest BCUT2D eigenvalue weighted by Gasteiger charge is 2.55. The summed E-state index contributed by atoms with van der Waals surface area (Å²) in [4.78, 5) is 91.2. The van der Waals surface area contributed by atoms with Crippen LogP contribution < -0.4 is 58.7 Å². The number of nitrogens with zero attached hydrogens (tertiary/aromatic N) is 2. The molecule has 0 unspecified atom stereocenters. The lowest BCUT2D eigenvalue weighted by molar-refractivity contribution is -0.663. The summed E-state index contributed by atoms with van der Waals surface area (Å²) in [6, 6.07) is 0.833. The van der Waals surface area contributed by atoms with E-state index in [-0.39, 0.29) is 29.8 Å². The van der Waals surface area contributed by atoms with Crippen LogP contribution >= 0.6 is 0 Å². The molecule has 0 bridgehead atoms. The SMILES string of the molecule is C[C@@H](c1ccccc1)[C@@H]1NC(=O)CNC(=O)[C@H](CO)NC(=O)[C@@H]([C@@H](O)[C@@H]2CNC(N)=[N+]2[C@H]2O[C@H](CO)[C@@H](O)[C@H](O)[C@@H]2O)NC(=O)[C@H]([C@@H](O)[C@@H]2CNC(N)=N2)NC(=O)[C@@H](Cc2ccc(O[C@H]3O[C@H](CO)[C@@H](O[C@H]4O[C@H](CO)[C@@H](O)[C@H](O)[C@@H]4O)[C@H](O)[C@@H]3O)cc2)NC1=O. The van der Waals surface area contributed by atoms with Crippen LogP contribution in [0.1, 0.15) is 24.0 Å². The largest absolute Gasteiger partial charge is 0.462 e. The minimum absolute atomic E-state index is 0.0732. The Hall–Kier alpha value is -7.12. The number of amides is 6. The highest BCUT2D eigenvalue weighted by atomic mass is 16.7. The second kappa shape index (κ2) is 30.5. The van der Waals surface area contributed by atoms with Gasteiger partial charge in [-0.25, -0.2) is 9.57 Å². The van der Waals surface area contributed by atoms with Gasteiger partial charge in [0.1, 0.15) is 134 Å². The number of carbonyl (C=O) groups is 6. The fourth-order valence-electron chi connectivity index (χ4n) is 11.3. The zero-order valence-electron chi connectivity index (χ0n) is 48.6. The smallest absolute Gasteiger partial charge is 0.346 e. The van der Waals surface area contributed by atoms with E-state index in [0.717, 1.165) is 4.58 Å². The molecule has 2 aromatic rings. The van der Waals surface area contributed by atoms with Crippen molar-refractivity contribution in [3.63, 3.8) is 0 Å². The molecule has 37 nitrogen and oxygen atoms in total. The highest BCUT2D eigenvalue weighted by Crippen LogP contribution is 2.32. The van der Waals surface area contributed by atoms with Gasteiger partial charge in [-0.1, -0.05) is 49.4 Å². The summed E-state index contributed by atoms with van der Waals surface area (Å²) < 4.78 is 29.2. The first-order valence-electron chi connectivity index (χ1n) is 29.0. The number of guanidine groups is 2. The van der Waals surface area contributed by atoms with E-state index in [1.165, 1.54) is 24.3 Å². The molecule has 6 aliphatic rings. The Morgan fingerprint density at radius 3 is 1.77 bits per heavy atom. The summed E-state index contributed by atoms with van der Waals surface area (Å²) in [6.07, 6.45) is -31.6. The van der Waals surface area contributed by atoms with Crippen molar-refractivity contribution in [1.82, 2.24) is 42.5 Å². The van der Waals surface area contributed by atoms with E-state index in [1.807, 2.05) is 0 Å². The molecule has 4 saturated heterocycles. The maximum atomic E-state index is 15.1. The molecule has 0 spiro atoms. The normalized spacial score (nSPS) is 37.5. The number of rotatable bonds is 17. The van der Waals surface area contributed by atoms with E-state index in [0.29, 0.717) is 5.56 Å². The van der Waals surface area contributed by atoms with Gasteiger partial charge in [-0.05, 0) is 23.3 Å². The minimum Gasteiger partial charge on any atom is -0.462 e. The van der Waals surface area contributed by atoms with Gasteiger partial charge in [0, 0.05) is 18.9 Å². The first-order valence-corrected chi connectivity index (χ1v) is 29.0. The van der Waals surface area contributed by atoms with Gasteiger partial charge in [0.15, 0.2) is 12.2 Å². The van der Waals surface area contributed by atoms with Gasteiger partial charge in [-0.15, -0.1) is 0 Å². The molecule has 0 aliphatic carbocycles. The summed E-state index contributed by atoms with van der Waals surface area (Å²) in [5.74, 6) is -8.84. The Labute approximate surface area is 517 Å². The molecule has 6 heterocycles. The van der Waals surface area contributed by atoms with Crippen LogP contribution in [0.15, 0.2) is 59.6 Å². The van der Waals surface area contributed by atoms with Crippen molar-refractivity contribution >= 4 is 47.4 Å². The number of aliphatic imine (C=N–C) groups is 1. The third kappa shape index (κ3) is 15.7. The van der Waals surface area contributed by atoms with Crippen molar-refractivity contribution in [1.29, 1.82) is 0 Å². The van der Waals surface area contributed by atoms with Crippen molar-refractivity contribution in [3.8, 4) is 5.75 Å². The Balaban J connectivity index is 1.11. The van der Waals surface area contributed by atoms with Crippen LogP contribution in [-0.4, -0.2) is 316 Å². The number of nitrogens with two attached hydrogens (primary N) is 2. The van der Waals surface area contributed by atoms with E-state index in [2.05, 4.69) is 47.5 Å². The first-order chi connectivity index (χ1) is 43.3. The van der Waals surface area contributed by atoms with Crippen LogP contribution in [0, 0.1) is 0 Å². The van der Waals surface area contributed by atoms with E-state index in [1.54, 1.807) is 37.3 Å². The molecule has 6 amide bonds. The lowest BCUT2D eigenvalue weighted by atomic mass is 9.92. The third-order valence-corrected chi connectivity index (χ3v) is 16.6. The molecule has 37 heteroatoms. The average Bonchev–Trinajstić information content (AvgIpc) is 1.85. The number of benzene rings is 2. The quantitative estimate of drug-likeness (QED) is 0.0654. The summed E-state index contributed by atoms with van der Waals surface area (Å²) in [6.45, 7) is -3.75. The van der Waals surface area contributed by atoms with Crippen LogP contribution in [0.25, 0.3) is 0 Å². The molecule has 0 aromatic heterocycles. The third-order valence-electron chi connectivity index (χ3n) is 16.6. The van der Waals surface area contributed by atoms with Gasteiger partial charge in [-0.2, -0.15) is 0 Å². The summed E-state index contributed by atoms with van der Waals surface area (Å²) in [5.41, 5.74) is 12.9. The molecule has 25 atom stereocenters. The van der Waals surface area contributed by atoms with Gasteiger partial charge >= 0.3 is 5.96 Å². The maximum Gasteiger partial charge on any atom is 0.346 e. The Morgan fingerprint density at radius 2 is 1.14 bits per heavy atom. The van der Waals surface area contributed by atoms with E-state index >= 15 is 9.59 Å². The van der Waals surface area contributed by atoms with Crippen molar-refractivity contribution < 1.29 is 129 Å². The summed E-state index contributed by atoms with van der Waals surface area (Å²) >= 11 is 0. The molecule has 6 aliphatic heterocycles.